The summed E-state index contributed by atoms with van der Waals surface area (Å²) in [6.45, 7) is 5.15. The van der Waals surface area contributed by atoms with Crippen molar-refractivity contribution in [3.8, 4) is 0 Å². The van der Waals surface area contributed by atoms with Crippen LogP contribution in [0.5, 0.6) is 0 Å². The number of hydrogen-bond donors (Lipinski definition) is 1. The summed E-state index contributed by atoms with van der Waals surface area (Å²) in [5.74, 6) is -3.46. The fraction of sp³-hybridized carbons (Fsp3) is 0.300. The third-order valence-electron chi connectivity index (χ3n) is 6.32. The van der Waals surface area contributed by atoms with Crippen molar-refractivity contribution in [3.05, 3.63) is 83.7 Å². The van der Waals surface area contributed by atoms with Crippen molar-refractivity contribution in [1.82, 2.24) is 4.98 Å². The predicted octanol–water partition coefficient (Wildman–Crippen LogP) is 8.19. The van der Waals surface area contributed by atoms with E-state index in [0.29, 0.717) is 10.4 Å². The van der Waals surface area contributed by atoms with Crippen LogP contribution in [0.4, 0.5) is 34.5 Å². The number of nitrogens with zero attached hydrogens (tertiary/aromatic N) is 3. The number of benzene rings is 3. The molecule has 2 heterocycles. The summed E-state index contributed by atoms with van der Waals surface area (Å²) < 4.78 is 50.3. The number of anilines is 2. The highest BCUT2D eigenvalue weighted by molar-refractivity contribution is 7.22. The molecular formula is C30H29F3N4O2S. The Hall–Kier alpha value is -3.92. The number of carbonyl (C=O) groups excluding carboxylic acids is 1. The third kappa shape index (κ3) is 6.28. The summed E-state index contributed by atoms with van der Waals surface area (Å²) in [7, 11) is 0. The molecule has 40 heavy (non-hydrogen) atoms. The highest BCUT2D eigenvalue weighted by Gasteiger charge is 2.36. The molecule has 1 saturated heterocycles. The summed E-state index contributed by atoms with van der Waals surface area (Å²) in [4.78, 5) is 23.3. The number of nitrogens with one attached hydrogen (secondary N) is 1. The van der Waals surface area contributed by atoms with Gasteiger partial charge in [0.25, 0.3) is 5.92 Å². The molecule has 6 nitrogen and oxygen atoms in total. The van der Waals surface area contributed by atoms with Crippen molar-refractivity contribution in [3.63, 3.8) is 0 Å². The Morgan fingerprint density at radius 2 is 1.60 bits per heavy atom. The van der Waals surface area contributed by atoms with Crippen molar-refractivity contribution in [2.24, 2.45) is 4.99 Å². The number of fused-ring (bicyclic) bond motifs is 1. The zero-order valence-electron chi connectivity index (χ0n) is 22.4. The summed E-state index contributed by atoms with van der Waals surface area (Å²) in [6.07, 6.45) is -1.48. The molecule has 3 aromatic carbocycles. The number of aliphatic imine (C=N–C) groups is 1. The second-order valence-corrected chi connectivity index (χ2v) is 11.6. The minimum absolute atomic E-state index is 0.0389. The van der Waals surface area contributed by atoms with Crippen LogP contribution in [0.25, 0.3) is 10.2 Å². The van der Waals surface area contributed by atoms with Gasteiger partial charge in [0.05, 0.1) is 10.4 Å². The van der Waals surface area contributed by atoms with E-state index in [9.17, 15) is 13.6 Å². The highest BCUT2D eigenvalue weighted by Crippen LogP contribution is 2.42. The first kappa shape index (κ1) is 27.6. The lowest BCUT2D eigenvalue weighted by atomic mass is 10.0. The minimum atomic E-state index is -2.80. The molecule has 0 atom stereocenters. The van der Waals surface area contributed by atoms with Crippen molar-refractivity contribution in [2.45, 2.75) is 45.1 Å². The van der Waals surface area contributed by atoms with Gasteiger partial charge in [0.1, 0.15) is 22.5 Å². The lowest BCUT2D eigenvalue weighted by molar-refractivity contribution is -0.0221. The van der Waals surface area contributed by atoms with E-state index in [1.165, 1.54) is 0 Å². The number of halogens is 3. The van der Waals surface area contributed by atoms with E-state index in [1.54, 1.807) is 31.7 Å². The van der Waals surface area contributed by atoms with E-state index in [4.69, 9.17) is 9.73 Å². The molecule has 1 amide bonds. The summed E-state index contributed by atoms with van der Waals surface area (Å²) in [6, 6.07) is 20.5. The number of rotatable bonds is 5. The van der Waals surface area contributed by atoms with Gasteiger partial charge >= 0.3 is 6.09 Å². The molecule has 0 spiro atoms. The molecule has 4 aromatic rings. The number of amides is 1. The van der Waals surface area contributed by atoms with Crippen LogP contribution in [0.1, 0.15) is 44.7 Å². The average Bonchev–Trinajstić information content (AvgIpc) is 3.29. The van der Waals surface area contributed by atoms with Gasteiger partial charge in [-0.25, -0.2) is 27.9 Å². The van der Waals surface area contributed by atoms with Crippen LogP contribution in [0.15, 0.2) is 71.7 Å². The first-order valence-corrected chi connectivity index (χ1v) is 13.8. The van der Waals surface area contributed by atoms with E-state index in [0.717, 1.165) is 22.5 Å². The highest BCUT2D eigenvalue weighted by atomic mass is 32.1. The smallest absolute Gasteiger partial charge is 0.413 e. The van der Waals surface area contributed by atoms with Crippen LogP contribution in [-0.4, -0.2) is 41.4 Å². The van der Waals surface area contributed by atoms with E-state index >= 15 is 4.39 Å². The molecule has 10 heteroatoms. The van der Waals surface area contributed by atoms with E-state index in [-0.39, 0.29) is 35.1 Å². The number of aromatic nitrogens is 1. The lowest BCUT2D eigenvalue weighted by Crippen LogP contribution is -2.39. The van der Waals surface area contributed by atoms with Gasteiger partial charge in [0.2, 0.25) is 0 Å². The van der Waals surface area contributed by atoms with E-state index in [2.05, 4.69) is 10.3 Å². The zero-order valence-corrected chi connectivity index (χ0v) is 23.2. The van der Waals surface area contributed by atoms with Gasteiger partial charge in [-0.1, -0.05) is 72.0 Å². The normalized spacial score (nSPS) is 15.1. The Morgan fingerprint density at radius 1 is 1.02 bits per heavy atom. The van der Waals surface area contributed by atoms with Crippen molar-refractivity contribution >= 4 is 49.9 Å². The van der Waals surface area contributed by atoms with Gasteiger partial charge < -0.3 is 9.64 Å². The molecule has 0 saturated carbocycles. The molecular weight excluding hydrogens is 537 g/mol. The second-order valence-electron chi connectivity index (χ2n) is 10.6. The number of hydrogen-bond acceptors (Lipinski definition) is 6. The van der Waals surface area contributed by atoms with Gasteiger partial charge in [0.15, 0.2) is 10.9 Å². The fourth-order valence-electron chi connectivity index (χ4n) is 4.49. The van der Waals surface area contributed by atoms with Crippen LogP contribution >= 0.6 is 11.3 Å². The molecule has 1 aliphatic rings. The molecule has 5 rings (SSSR count). The molecule has 0 unspecified atom stereocenters. The molecule has 0 bridgehead atoms. The first-order chi connectivity index (χ1) is 19.0. The van der Waals surface area contributed by atoms with E-state index in [1.807, 2.05) is 60.7 Å². The maximum absolute atomic E-state index is 16.4. The van der Waals surface area contributed by atoms with Crippen molar-refractivity contribution in [1.29, 1.82) is 0 Å². The number of carbonyl (C=O) groups is 1. The van der Waals surface area contributed by atoms with Gasteiger partial charge in [-0.2, -0.15) is 0 Å². The second kappa shape index (κ2) is 10.9. The predicted molar refractivity (Wildman–Crippen MR) is 154 cm³/mol. The van der Waals surface area contributed by atoms with Crippen LogP contribution in [-0.2, 0) is 4.74 Å². The minimum Gasteiger partial charge on any atom is -0.444 e. The number of piperidine rings is 1. The summed E-state index contributed by atoms with van der Waals surface area (Å²) in [5.41, 5.74) is 1.86. The Morgan fingerprint density at radius 3 is 2.15 bits per heavy atom. The quantitative estimate of drug-likeness (QED) is 0.247. The fourth-order valence-corrected chi connectivity index (χ4v) is 5.38. The Balaban J connectivity index is 1.65. The van der Waals surface area contributed by atoms with Gasteiger partial charge in [-0.15, -0.1) is 0 Å². The maximum Gasteiger partial charge on any atom is 0.413 e. The van der Waals surface area contributed by atoms with E-state index < -0.39 is 36.3 Å². The monoisotopic (exact) mass is 566 g/mol. The first-order valence-electron chi connectivity index (χ1n) is 12.9. The van der Waals surface area contributed by atoms with Crippen molar-refractivity contribution < 1.29 is 22.7 Å². The molecule has 0 aliphatic carbocycles. The van der Waals surface area contributed by atoms with Crippen LogP contribution in [0.3, 0.4) is 0 Å². The molecule has 1 aromatic heterocycles. The summed E-state index contributed by atoms with van der Waals surface area (Å²) in [5, 5.41) is 2.82. The third-order valence-corrected chi connectivity index (χ3v) is 7.24. The Bertz CT molecular complexity index is 1500. The van der Waals surface area contributed by atoms with Crippen LogP contribution < -0.4 is 10.2 Å². The molecule has 1 N–H and O–H groups in total. The summed E-state index contributed by atoms with van der Waals surface area (Å²) >= 11 is 1.14. The van der Waals surface area contributed by atoms with Gasteiger partial charge in [-0.3, -0.25) is 5.32 Å². The molecule has 1 aliphatic heterocycles. The number of ether oxygens (including phenoxy) is 1. The molecule has 1 fully saturated rings. The zero-order chi connectivity index (χ0) is 28.5. The van der Waals surface area contributed by atoms with Crippen LogP contribution in [0.2, 0.25) is 0 Å². The lowest BCUT2D eigenvalue weighted by Gasteiger charge is -2.33. The standard InChI is InChI=1S/C30H29F3N4O2S/c1-29(2,3)39-28(38)36-27-35-25-22(40-27)18-21(23(31)26(25)37-16-14-30(32,33)15-17-37)34-24(19-10-6-4-7-11-19)20-12-8-5-9-13-20/h4-13,18H,14-17H2,1-3H3,(H,35,36,38). The Labute approximate surface area is 234 Å². The van der Waals surface area contributed by atoms with Gasteiger partial charge in [0, 0.05) is 37.1 Å². The largest absolute Gasteiger partial charge is 0.444 e. The van der Waals surface area contributed by atoms with Crippen LogP contribution in [0, 0.1) is 5.82 Å². The topological polar surface area (TPSA) is 66.8 Å². The molecule has 0 radical (unpaired) electrons. The molecule has 208 valence electrons. The average molecular weight is 567 g/mol. The maximum atomic E-state index is 16.4. The SMILES string of the molecule is CC(C)(C)OC(=O)Nc1nc2c(N3CCC(F)(F)CC3)c(F)c(N=C(c3ccccc3)c3ccccc3)cc2s1. The number of thiazole rings is 1. The Kier molecular flexibility index (Phi) is 7.55. The number of alkyl halides is 2. The van der Waals surface area contributed by atoms with Gasteiger partial charge in [-0.05, 0) is 26.8 Å². The van der Waals surface area contributed by atoms with Crippen molar-refractivity contribution in [2.75, 3.05) is 23.3 Å².